The fraction of sp³-hybridized carbons (Fsp3) is 0.267. The molecule has 2 N–H and O–H groups in total. The van der Waals surface area contributed by atoms with Crippen LogP contribution in [0.2, 0.25) is 0 Å². The highest BCUT2D eigenvalue weighted by Gasteiger charge is 2.27. The molecule has 5 nitrogen and oxygen atoms in total. The summed E-state index contributed by atoms with van der Waals surface area (Å²) in [6, 6.07) is 8.75. The van der Waals surface area contributed by atoms with Gasteiger partial charge in [-0.2, -0.15) is 0 Å². The molecule has 0 radical (unpaired) electrons. The largest absolute Gasteiger partial charge is 0.478 e. The summed E-state index contributed by atoms with van der Waals surface area (Å²) < 4.78 is 27.6. The zero-order valence-corrected chi connectivity index (χ0v) is 13.3. The molecule has 1 aromatic carbocycles. The third-order valence-electron chi connectivity index (χ3n) is 3.75. The SMILES string of the molecule is O=C(O)c1csc(S(=O)(=O)NC2CCCc3ccccc32)c1. The molecule has 1 aliphatic carbocycles. The summed E-state index contributed by atoms with van der Waals surface area (Å²) in [5.41, 5.74) is 2.17. The molecule has 1 heterocycles. The molecule has 1 aliphatic rings. The minimum absolute atomic E-state index is 0.00517. The number of benzene rings is 1. The van der Waals surface area contributed by atoms with E-state index in [0.717, 1.165) is 36.2 Å². The average Bonchev–Trinajstić information content (AvgIpc) is 2.98. The lowest BCUT2D eigenvalue weighted by atomic mass is 9.88. The van der Waals surface area contributed by atoms with Crippen molar-refractivity contribution in [3.63, 3.8) is 0 Å². The Bertz CT molecular complexity index is 810. The number of fused-ring (bicyclic) bond motifs is 1. The Morgan fingerprint density at radius 2 is 2.09 bits per heavy atom. The first kappa shape index (κ1) is 15.2. The van der Waals surface area contributed by atoms with Crippen LogP contribution in [0.1, 0.15) is 40.4 Å². The molecule has 2 aromatic rings. The molecule has 0 fully saturated rings. The number of aromatic carboxylic acids is 1. The van der Waals surface area contributed by atoms with Gasteiger partial charge in [0.1, 0.15) is 4.21 Å². The minimum atomic E-state index is -3.71. The van der Waals surface area contributed by atoms with Gasteiger partial charge in [-0.15, -0.1) is 11.3 Å². The van der Waals surface area contributed by atoms with Crippen molar-refractivity contribution >= 4 is 27.3 Å². The van der Waals surface area contributed by atoms with E-state index in [1.54, 1.807) is 0 Å². The van der Waals surface area contributed by atoms with E-state index < -0.39 is 16.0 Å². The lowest BCUT2D eigenvalue weighted by Crippen LogP contribution is -2.30. The number of hydrogen-bond acceptors (Lipinski definition) is 4. The van der Waals surface area contributed by atoms with Gasteiger partial charge in [0.15, 0.2) is 0 Å². The highest BCUT2D eigenvalue weighted by Crippen LogP contribution is 2.31. The number of sulfonamides is 1. The number of thiophene rings is 1. The van der Waals surface area contributed by atoms with Crippen LogP contribution in [-0.4, -0.2) is 19.5 Å². The molecule has 0 bridgehead atoms. The van der Waals surface area contributed by atoms with Crippen LogP contribution in [0.4, 0.5) is 0 Å². The molecular formula is C15H15NO4S2. The van der Waals surface area contributed by atoms with Crippen LogP contribution in [0.15, 0.2) is 39.9 Å². The lowest BCUT2D eigenvalue weighted by molar-refractivity contribution is 0.0697. The topological polar surface area (TPSA) is 83.5 Å². The molecule has 1 atom stereocenters. The monoisotopic (exact) mass is 337 g/mol. The Kier molecular flexibility index (Phi) is 4.03. The maximum atomic E-state index is 12.5. The second-order valence-corrected chi connectivity index (χ2v) is 8.08. The van der Waals surface area contributed by atoms with Crippen molar-refractivity contribution in [1.29, 1.82) is 0 Å². The van der Waals surface area contributed by atoms with Crippen LogP contribution in [0.3, 0.4) is 0 Å². The third-order valence-corrected chi connectivity index (χ3v) is 6.67. The summed E-state index contributed by atoms with van der Waals surface area (Å²) in [5.74, 6) is -1.12. The standard InChI is InChI=1S/C15H15NO4S2/c17-15(18)11-8-14(21-9-11)22(19,20)16-13-7-3-5-10-4-1-2-6-12(10)13/h1-2,4,6,8-9,13,16H,3,5,7H2,(H,17,18). The number of rotatable bonds is 4. The summed E-state index contributed by atoms with van der Waals surface area (Å²) in [4.78, 5) is 10.9. The summed E-state index contributed by atoms with van der Waals surface area (Å²) >= 11 is 0.923. The van der Waals surface area contributed by atoms with Crippen LogP contribution in [0.25, 0.3) is 0 Å². The van der Waals surface area contributed by atoms with Crippen LogP contribution in [0, 0.1) is 0 Å². The van der Waals surface area contributed by atoms with Crippen molar-refractivity contribution < 1.29 is 18.3 Å². The molecule has 22 heavy (non-hydrogen) atoms. The van der Waals surface area contributed by atoms with Gasteiger partial charge in [-0.25, -0.2) is 17.9 Å². The van der Waals surface area contributed by atoms with E-state index >= 15 is 0 Å². The fourth-order valence-electron chi connectivity index (χ4n) is 2.69. The van der Waals surface area contributed by atoms with Gasteiger partial charge in [0.2, 0.25) is 0 Å². The van der Waals surface area contributed by atoms with Crippen LogP contribution < -0.4 is 4.72 Å². The van der Waals surface area contributed by atoms with E-state index in [9.17, 15) is 13.2 Å². The average molecular weight is 337 g/mol. The van der Waals surface area contributed by atoms with Crippen molar-refractivity contribution in [2.75, 3.05) is 0 Å². The van der Waals surface area contributed by atoms with Crippen molar-refractivity contribution in [1.82, 2.24) is 4.72 Å². The molecular weight excluding hydrogens is 322 g/mol. The van der Waals surface area contributed by atoms with Crippen molar-refractivity contribution in [2.45, 2.75) is 29.5 Å². The molecule has 7 heteroatoms. The first-order valence-corrected chi connectivity index (χ1v) is 9.25. The van der Waals surface area contributed by atoms with E-state index in [2.05, 4.69) is 4.72 Å². The highest BCUT2D eigenvalue weighted by atomic mass is 32.2. The van der Waals surface area contributed by atoms with E-state index in [0.29, 0.717) is 0 Å². The lowest BCUT2D eigenvalue weighted by Gasteiger charge is -2.25. The van der Waals surface area contributed by atoms with Gasteiger partial charge >= 0.3 is 5.97 Å². The Balaban J connectivity index is 1.87. The second kappa shape index (κ2) is 5.83. The summed E-state index contributed by atoms with van der Waals surface area (Å²) in [6.45, 7) is 0. The summed E-state index contributed by atoms with van der Waals surface area (Å²) in [5, 5.41) is 10.2. The van der Waals surface area contributed by atoms with Crippen molar-refractivity contribution in [3.05, 3.63) is 52.4 Å². The van der Waals surface area contributed by atoms with Gasteiger partial charge in [-0.05, 0) is 36.5 Å². The smallest absolute Gasteiger partial charge is 0.336 e. The quantitative estimate of drug-likeness (QED) is 0.898. The van der Waals surface area contributed by atoms with Gasteiger partial charge in [0.05, 0.1) is 5.56 Å². The predicted molar refractivity (Wildman–Crippen MR) is 83.7 cm³/mol. The minimum Gasteiger partial charge on any atom is -0.478 e. The van der Waals surface area contributed by atoms with Crippen LogP contribution in [0.5, 0.6) is 0 Å². The van der Waals surface area contributed by atoms with Crippen LogP contribution in [-0.2, 0) is 16.4 Å². The van der Waals surface area contributed by atoms with Crippen molar-refractivity contribution in [3.8, 4) is 0 Å². The van der Waals surface area contributed by atoms with Gasteiger partial charge < -0.3 is 5.11 Å². The number of carboxylic acid groups (broad SMARTS) is 1. The second-order valence-electron chi connectivity index (χ2n) is 5.22. The first-order chi connectivity index (χ1) is 10.5. The van der Waals surface area contributed by atoms with E-state index in [4.69, 9.17) is 5.11 Å². The predicted octanol–water partition coefficient (Wildman–Crippen LogP) is 2.80. The molecule has 1 aromatic heterocycles. The molecule has 0 amide bonds. The molecule has 116 valence electrons. The Morgan fingerprint density at radius 1 is 1.32 bits per heavy atom. The molecule has 3 rings (SSSR count). The van der Waals surface area contributed by atoms with E-state index in [1.807, 2.05) is 24.3 Å². The van der Waals surface area contributed by atoms with Gasteiger partial charge in [0.25, 0.3) is 10.0 Å². The maximum absolute atomic E-state index is 12.5. The molecule has 0 aliphatic heterocycles. The number of hydrogen-bond donors (Lipinski definition) is 2. The third kappa shape index (κ3) is 2.92. The normalized spacial score (nSPS) is 17.9. The number of nitrogens with one attached hydrogen (secondary N) is 1. The van der Waals surface area contributed by atoms with Gasteiger partial charge in [-0.3, -0.25) is 0 Å². The number of carboxylic acids is 1. The van der Waals surface area contributed by atoms with E-state index in [1.165, 1.54) is 17.0 Å². The molecule has 0 saturated carbocycles. The maximum Gasteiger partial charge on any atom is 0.336 e. The molecule has 0 spiro atoms. The zero-order valence-electron chi connectivity index (χ0n) is 11.7. The Hall–Kier alpha value is -1.70. The number of carbonyl (C=O) groups is 1. The fourth-order valence-corrected chi connectivity index (χ4v) is 5.11. The Labute approximate surface area is 132 Å². The van der Waals surface area contributed by atoms with Crippen molar-refractivity contribution in [2.24, 2.45) is 0 Å². The zero-order chi connectivity index (χ0) is 15.7. The molecule has 0 saturated heterocycles. The first-order valence-electron chi connectivity index (χ1n) is 6.89. The summed E-state index contributed by atoms with van der Waals surface area (Å²) in [6.07, 6.45) is 2.62. The highest BCUT2D eigenvalue weighted by molar-refractivity contribution is 7.91. The Morgan fingerprint density at radius 3 is 2.82 bits per heavy atom. The molecule has 1 unspecified atom stereocenters. The van der Waals surface area contributed by atoms with E-state index in [-0.39, 0.29) is 15.8 Å². The van der Waals surface area contributed by atoms with Crippen LogP contribution >= 0.6 is 11.3 Å². The van der Waals surface area contributed by atoms with Gasteiger partial charge in [-0.1, -0.05) is 24.3 Å². The number of aryl methyl sites for hydroxylation is 1. The van der Waals surface area contributed by atoms with Gasteiger partial charge in [0, 0.05) is 11.4 Å². The summed E-state index contributed by atoms with van der Waals surface area (Å²) in [7, 11) is -3.71.